The van der Waals surface area contributed by atoms with E-state index in [0.29, 0.717) is 48.4 Å². The minimum Gasteiger partial charge on any atom is -0.494 e. The molecule has 2 aromatic rings. The number of carbonyl (C=O) groups is 3. The molecule has 0 fully saturated rings. The van der Waals surface area contributed by atoms with Crippen LogP contribution < -0.4 is 9.47 Å². The van der Waals surface area contributed by atoms with Crippen molar-refractivity contribution in [1.29, 1.82) is 0 Å². The van der Waals surface area contributed by atoms with Crippen LogP contribution in [0.1, 0.15) is 66.7 Å². The van der Waals surface area contributed by atoms with Crippen molar-refractivity contribution in [2.75, 3.05) is 19.8 Å². The average Bonchev–Trinajstić information content (AvgIpc) is 2.89. The zero-order chi connectivity index (χ0) is 25.5. The second kappa shape index (κ2) is 15.3. The van der Waals surface area contributed by atoms with Gasteiger partial charge in [0, 0.05) is 6.08 Å². The molecular weight excluding hydrogens is 448 g/mol. The van der Waals surface area contributed by atoms with E-state index < -0.39 is 17.9 Å². The Morgan fingerprint density at radius 1 is 0.800 bits per heavy atom. The molecule has 7 heteroatoms. The van der Waals surface area contributed by atoms with Crippen LogP contribution in [0, 0.1) is 5.92 Å². The summed E-state index contributed by atoms with van der Waals surface area (Å²) in [6.45, 7) is 8.75. The zero-order valence-electron chi connectivity index (χ0n) is 20.5. The molecule has 0 bridgehead atoms. The predicted octanol–water partition coefficient (Wildman–Crippen LogP) is 5.78. The van der Waals surface area contributed by atoms with Gasteiger partial charge < -0.3 is 18.9 Å². The van der Waals surface area contributed by atoms with Crippen LogP contribution in [0.4, 0.5) is 0 Å². The highest BCUT2D eigenvalue weighted by Crippen LogP contribution is 2.18. The standard InChI is InChI=1S/C28H34O7/c1-4-21(3)20-34-27(30)22-12-16-25(17-13-22)35-28(31)23-10-14-24(15-11-23)32-18-8-6-7-9-19-33-26(29)5-2/h5,10-17,21H,2,4,6-9,18-20H2,1,3H3/t21-/m0/s1. The molecule has 0 aliphatic heterocycles. The molecule has 1 atom stereocenters. The van der Waals surface area contributed by atoms with Crippen molar-refractivity contribution in [3.8, 4) is 11.5 Å². The third-order valence-electron chi connectivity index (χ3n) is 5.30. The van der Waals surface area contributed by atoms with Crippen LogP contribution in [0.2, 0.25) is 0 Å². The number of benzene rings is 2. The van der Waals surface area contributed by atoms with E-state index in [1.807, 2.05) is 13.8 Å². The van der Waals surface area contributed by atoms with Crippen molar-refractivity contribution >= 4 is 17.9 Å². The molecule has 0 spiro atoms. The molecule has 0 saturated carbocycles. The number of carbonyl (C=O) groups excluding carboxylic acids is 3. The van der Waals surface area contributed by atoms with E-state index in [9.17, 15) is 14.4 Å². The van der Waals surface area contributed by atoms with Crippen molar-refractivity contribution < 1.29 is 33.3 Å². The minimum atomic E-state index is -0.499. The molecule has 0 unspecified atom stereocenters. The first-order chi connectivity index (χ1) is 16.9. The lowest BCUT2D eigenvalue weighted by molar-refractivity contribution is -0.137. The van der Waals surface area contributed by atoms with Gasteiger partial charge in [-0.25, -0.2) is 14.4 Å². The molecule has 35 heavy (non-hydrogen) atoms. The van der Waals surface area contributed by atoms with Gasteiger partial charge in [0.05, 0.1) is 30.9 Å². The van der Waals surface area contributed by atoms with E-state index in [2.05, 4.69) is 6.58 Å². The third-order valence-corrected chi connectivity index (χ3v) is 5.30. The van der Waals surface area contributed by atoms with E-state index in [0.717, 1.165) is 38.2 Å². The van der Waals surface area contributed by atoms with E-state index in [1.165, 1.54) is 0 Å². The molecule has 7 nitrogen and oxygen atoms in total. The predicted molar refractivity (Wildman–Crippen MR) is 133 cm³/mol. The number of hydrogen-bond donors (Lipinski definition) is 0. The normalized spacial score (nSPS) is 11.3. The number of rotatable bonds is 15. The van der Waals surface area contributed by atoms with E-state index in [1.54, 1.807) is 48.5 Å². The molecule has 0 heterocycles. The Kier molecular flexibility index (Phi) is 12.1. The largest absolute Gasteiger partial charge is 0.494 e. The van der Waals surface area contributed by atoms with Gasteiger partial charge in [-0.05, 0) is 80.1 Å². The SMILES string of the molecule is C=CC(=O)OCCCCCCOc1ccc(C(=O)Oc2ccc(C(=O)OC[C@@H](C)CC)cc2)cc1. The molecule has 0 N–H and O–H groups in total. The van der Waals surface area contributed by atoms with Gasteiger partial charge in [-0.15, -0.1) is 0 Å². The fourth-order valence-electron chi connectivity index (χ4n) is 2.91. The summed E-state index contributed by atoms with van der Waals surface area (Å²) in [6, 6.07) is 13.0. The lowest BCUT2D eigenvalue weighted by atomic mass is 10.1. The monoisotopic (exact) mass is 482 g/mol. The van der Waals surface area contributed by atoms with Crippen LogP contribution in [0.15, 0.2) is 61.2 Å². The summed E-state index contributed by atoms with van der Waals surface area (Å²) >= 11 is 0. The van der Waals surface area contributed by atoms with Gasteiger partial charge in [0.2, 0.25) is 0 Å². The molecule has 0 aromatic heterocycles. The first-order valence-electron chi connectivity index (χ1n) is 11.9. The van der Waals surface area contributed by atoms with Crippen molar-refractivity contribution in [2.45, 2.75) is 46.0 Å². The van der Waals surface area contributed by atoms with E-state index >= 15 is 0 Å². The summed E-state index contributed by atoms with van der Waals surface area (Å²) < 4.78 is 21.3. The first-order valence-corrected chi connectivity index (χ1v) is 11.9. The summed E-state index contributed by atoms with van der Waals surface area (Å²) in [7, 11) is 0. The molecule has 0 aliphatic carbocycles. The zero-order valence-corrected chi connectivity index (χ0v) is 20.5. The average molecular weight is 483 g/mol. The maximum absolute atomic E-state index is 12.4. The van der Waals surface area contributed by atoms with Crippen molar-refractivity contribution in [3.05, 3.63) is 72.3 Å². The second-order valence-corrected chi connectivity index (χ2v) is 8.18. The van der Waals surface area contributed by atoms with Crippen LogP contribution in [-0.2, 0) is 14.3 Å². The fraction of sp³-hybridized carbons (Fsp3) is 0.393. The van der Waals surface area contributed by atoms with Crippen LogP contribution in [0.5, 0.6) is 11.5 Å². The summed E-state index contributed by atoms with van der Waals surface area (Å²) in [5.74, 6) is 0.0272. The van der Waals surface area contributed by atoms with Crippen LogP contribution in [0.25, 0.3) is 0 Å². The number of hydrogen-bond acceptors (Lipinski definition) is 7. The number of ether oxygens (including phenoxy) is 4. The Bertz CT molecular complexity index is 948. The Hall–Kier alpha value is -3.61. The summed E-state index contributed by atoms with van der Waals surface area (Å²) in [5, 5.41) is 0. The molecule has 2 aromatic carbocycles. The van der Waals surface area contributed by atoms with Crippen molar-refractivity contribution in [2.24, 2.45) is 5.92 Å². The third kappa shape index (κ3) is 10.5. The second-order valence-electron chi connectivity index (χ2n) is 8.18. The van der Waals surface area contributed by atoms with E-state index in [4.69, 9.17) is 18.9 Å². The number of esters is 3. The van der Waals surface area contributed by atoms with Gasteiger partial charge in [-0.1, -0.05) is 26.8 Å². The van der Waals surface area contributed by atoms with Gasteiger partial charge in [0.1, 0.15) is 11.5 Å². The van der Waals surface area contributed by atoms with Gasteiger partial charge >= 0.3 is 17.9 Å². The topological polar surface area (TPSA) is 88.1 Å². The van der Waals surface area contributed by atoms with Gasteiger partial charge in [0.25, 0.3) is 0 Å². The van der Waals surface area contributed by atoms with Crippen LogP contribution in [0.3, 0.4) is 0 Å². The lowest BCUT2D eigenvalue weighted by Gasteiger charge is -2.10. The smallest absolute Gasteiger partial charge is 0.343 e. The Labute approximate surface area is 207 Å². The van der Waals surface area contributed by atoms with Gasteiger partial charge in [0.15, 0.2) is 0 Å². The van der Waals surface area contributed by atoms with Crippen LogP contribution >= 0.6 is 0 Å². The molecule has 0 amide bonds. The Morgan fingerprint density at radius 2 is 1.37 bits per heavy atom. The maximum atomic E-state index is 12.4. The maximum Gasteiger partial charge on any atom is 0.343 e. The molecule has 0 aliphatic rings. The lowest BCUT2D eigenvalue weighted by Crippen LogP contribution is -2.12. The quantitative estimate of drug-likeness (QED) is 0.138. The Balaban J connectivity index is 1.70. The van der Waals surface area contributed by atoms with Crippen molar-refractivity contribution in [3.63, 3.8) is 0 Å². The summed E-state index contributed by atoms with van der Waals surface area (Å²) in [4.78, 5) is 35.4. The molecule has 2 rings (SSSR count). The molecule has 0 radical (unpaired) electrons. The minimum absolute atomic E-state index is 0.308. The van der Waals surface area contributed by atoms with Gasteiger partial charge in [-0.3, -0.25) is 0 Å². The highest BCUT2D eigenvalue weighted by molar-refractivity contribution is 5.92. The Morgan fingerprint density at radius 3 is 1.97 bits per heavy atom. The fourth-order valence-corrected chi connectivity index (χ4v) is 2.91. The summed E-state index contributed by atoms with van der Waals surface area (Å²) in [5.41, 5.74) is 0.800. The molecule has 0 saturated heterocycles. The highest BCUT2D eigenvalue weighted by Gasteiger charge is 2.12. The molecular formula is C28H34O7. The van der Waals surface area contributed by atoms with Crippen LogP contribution in [-0.4, -0.2) is 37.7 Å². The summed E-state index contributed by atoms with van der Waals surface area (Å²) in [6.07, 6.45) is 5.68. The molecule has 188 valence electrons. The van der Waals surface area contributed by atoms with E-state index in [-0.39, 0.29) is 0 Å². The first kappa shape index (κ1) is 27.6. The number of unbranched alkanes of at least 4 members (excludes halogenated alkanes) is 3. The highest BCUT2D eigenvalue weighted by atomic mass is 16.5. The van der Waals surface area contributed by atoms with Gasteiger partial charge in [-0.2, -0.15) is 0 Å². The van der Waals surface area contributed by atoms with Crippen molar-refractivity contribution in [1.82, 2.24) is 0 Å².